The van der Waals surface area contributed by atoms with Gasteiger partial charge in [0.1, 0.15) is 0 Å². The van der Waals surface area contributed by atoms with E-state index in [1.54, 1.807) is 0 Å². The second-order valence-corrected chi connectivity index (χ2v) is 6.97. The fourth-order valence-corrected chi connectivity index (χ4v) is 3.45. The smallest absolute Gasteiger partial charge is 0.230 e. The average Bonchev–Trinajstić information content (AvgIpc) is 3.15. The third-order valence-electron chi connectivity index (χ3n) is 4.73. The second-order valence-electron chi connectivity index (χ2n) is 6.06. The Hall–Kier alpha value is -0.870. The molecule has 4 heteroatoms. The number of amides is 1. The van der Waals surface area contributed by atoms with Gasteiger partial charge in [0.2, 0.25) is 5.91 Å². The van der Waals surface area contributed by atoms with Crippen molar-refractivity contribution in [2.24, 2.45) is 5.92 Å². The van der Waals surface area contributed by atoms with Gasteiger partial charge in [0, 0.05) is 16.9 Å². The monoisotopic (exact) mass is 337 g/mol. The van der Waals surface area contributed by atoms with Crippen molar-refractivity contribution in [3.63, 3.8) is 0 Å². The van der Waals surface area contributed by atoms with Gasteiger partial charge >= 0.3 is 0 Å². The zero-order valence-electron chi connectivity index (χ0n) is 11.4. The van der Waals surface area contributed by atoms with E-state index in [0.29, 0.717) is 6.54 Å². The molecular weight excluding hydrogens is 318 g/mol. The predicted molar refractivity (Wildman–Crippen MR) is 81.4 cm³/mol. The first-order chi connectivity index (χ1) is 9.62. The fraction of sp³-hybridized carbons (Fsp3) is 0.562. The summed E-state index contributed by atoms with van der Waals surface area (Å²) >= 11 is 3.42. The van der Waals surface area contributed by atoms with Crippen molar-refractivity contribution in [2.45, 2.75) is 43.6 Å². The summed E-state index contributed by atoms with van der Waals surface area (Å²) in [4.78, 5) is 12.5. The summed E-state index contributed by atoms with van der Waals surface area (Å²) in [7, 11) is 0. The van der Waals surface area contributed by atoms with Gasteiger partial charge in [-0.15, -0.1) is 0 Å². The Balaban J connectivity index is 1.63. The molecule has 2 aliphatic carbocycles. The van der Waals surface area contributed by atoms with E-state index in [1.807, 2.05) is 24.3 Å². The molecule has 0 saturated heterocycles. The maximum absolute atomic E-state index is 12.5. The molecule has 2 aliphatic rings. The first-order valence-electron chi connectivity index (χ1n) is 7.34. The van der Waals surface area contributed by atoms with Crippen molar-refractivity contribution in [2.75, 3.05) is 6.54 Å². The number of halogens is 1. The van der Waals surface area contributed by atoms with E-state index in [1.165, 1.54) is 0 Å². The van der Waals surface area contributed by atoms with Crippen LogP contribution in [0, 0.1) is 5.92 Å². The number of nitrogens with one attached hydrogen (secondary N) is 1. The molecule has 20 heavy (non-hydrogen) atoms. The second kappa shape index (κ2) is 5.49. The molecule has 0 spiro atoms. The number of carbonyl (C=O) groups is 1. The SMILES string of the molecule is O=C(NCC1CCCC1O)C1(c2ccc(Br)cc2)CC1. The van der Waals surface area contributed by atoms with E-state index < -0.39 is 0 Å². The lowest BCUT2D eigenvalue weighted by Crippen LogP contribution is -2.39. The largest absolute Gasteiger partial charge is 0.393 e. The van der Waals surface area contributed by atoms with Crippen LogP contribution in [0.25, 0.3) is 0 Å². The summed E-state index contributed by atoms with van der Waals surface area (Å²) in [6, 6.07) is 8.04. The maximum Gasteiger partial charge on any atom is 0.230 e. The lowest BCUT2D eigenvalue weighted by atomic mass is 9.94. The highest BCUT2D eigenvalue weighted by atomic mass is 79.9. The molecule has 0 bridgehead atoms. The predicted octanol–water partition coefficient (Wildman–Crippen LogP) is 2.76. The minimum absolute atomic E-state index is 0.124. The van der Waals surface area contributed by atoms with E-state index in [0.717, 1.165) is 42.1 Å². The molecule has 1 amide bonds. The summed E-state index contributed by atoms with van der Waals surface area (Å²) < 4.78 is 1.03. The number of aliphatic hydroxyl groups excluding tert-OH is 1. The van der Waals surface area contributed by atoms with Gasteiger partial charge in [-0.1, -0.05) is 34.5 Å². The Kier molecular flexibility index (Phi) is 3.87. The summed E-state index contributed by atoms with van der Waals surface area (Å²) in [6.45, 7) is 0.609. The van der Waals surface area contributed by atoms with E-state index >= 15 is 0 Å². The van der Waals surface area contributed by atoms with Crippen LogP contribution in [-0.4, -0.2) is 23.7 Å². The molecule has 2 unspecified atom stereocenters. The van der Waals surface area contributed by atoms with Crippen molar-refractivity contribution in [3.05, 3.63) is 34.3 Å². The number of rotatable bonds is 4. The minimum Gasteiger partial charge on any atom is -0.393 e. The van der Waals surface area contributed by atoms with Crippen LogP contribution in [0.15, 0.2) is 28.7 Å². The van der Waals surface area contributed by atoms with Crippen molar-refractivity contribution in [3.8, 4) is 0 Å². The lowest BCUT2D eigenvalue weighted by molar-refractivity contribution is -0.123. The van der Waals surface area contributed by atoms with Crippen molar-refractivity contribution < 1.29 is 9.90 Å². The van der Waals surface area contributed by atoms with Crippen LogP contribution in [0.2, 0.25) is 0 Å². The van der Waals surface area contributed by atoms with Crippen LogP contribution in [0.4, 0.5) is 0 Å². The Bertz CT molecular complexity index is 496. The first-order valence-corrected chi connectivity index (χ1v) is 8.13. The number of hydrogen-bond donors (Lipinski definition) is 2. The quantitative estimate of drug-likeness (QED) is 0.887. The first kappa shape index (κ1) is 14.1. The zero-order chi connectivity index (χ0) is 14.2. The number of benzene rings is 1. The lowest BCUT2D eigenvalue weighted by Gasteiger charge is -2.19. The van der Waals surface area contributed by atoms with Crippen LogP contribution in [0.1, 0.15) is 37.7 Å². The highest BCUT2D eigenvalue weighted by Crippen LogP contribution is 2.48. The molecule has 2 atom stereocenters. The number of hydrogen-bond acceptors (Lipinski definition) is 2. The number of aliphatic hydroxyl groups is 1. The summed E-state index contributed by atoms with van der Waals surface area (Å²) in [5.74, 6) is 0.360. The van der Waals surface area contributed by atoms with Gasteiger partial charge in [-0.05, 0) is 43.4 Å². The van der Waals surface area contributed by atoms with Gasteiger partial charge in [-0.2, -0.15) is 0 Å². The molecular formula is C16H20BrNO2. The summed E-state index contributed by atoms with van der Waals surface area (Å²) in [5.41, 5.74) is 0.787. The van der Waals surface area contributed by atoms with Crippen LogP contribution in [0.5, 0.6) is 0 Å². The highest BCUT2D eigenvalue weighted by Gasteiger charge is 2.51. The normalized spacial score (nSPS) is 27.3. The highest BCUT2D eigenvalue weighted by molar-refractivity contribution is 9.10. The molecule has 1 aromatic rings. The van der Waals surface area contributed by atoms with E-state index in [9.17, 15) is 9.90 Å². The van der Waals surface area contributed by atoms with Crippen LogP contribution < -0.4 is 5.32 Å². The van der Waals surface area contributed by atoms with Gasteiger partial charge in [0.25, 0.3) is 0 Å². The van der Waals surface area contributed by atoms with Crippen LogP contribution in [0.3, 0.4) is 0 Å². The molecule has 0 heterocycles. The summed E-state index contributed by atoms with van der Waals surface area (Å²) in [5, 5.41) is 12.9. The minimum atomic E-state index is -0.315. The Morgan fingerprint density at radius 1 is 1.30 bits per heavy atom. The van der Waals surface area contributed by atoms with Crippen LogP contribution >= 0.6 is 15.9 Å². The van der Waals surface area contributed by atoms with E-state index in [4.69, 9.17) is 0 Å². The molecule has 0 aromatic heterocycles. The average molecular weight is 338 g/mol. The zero-order valence-corrected chi connectivity index (χ0v) is 13.0. The third-order valence-corrected chi connectivity index (χ3v) is 5.25. The van der Waals surface area contributed by atoms with Gasteiger partial charge in [0.05, 0.1) is 11.5 Å². The molecule has 0 radical (unpaired) electrons. The van der Waals surface area contributed by atoms with Crippen molar-refractivity contribution in [1.82, 2.24) is 5.32 Å². The third kappa shape index (κ3) is 2.63. The molecule has 2 saturated carbocycles. The standard InChI is InChI=1S/C16H20BrNO2/c17-13-6-4-12(5-7-13)16(8-9-16)15(20)18-10-11-2-1-3-14(11)19/h4-7,11,14,19H,1-3,8-10H2,(H,18,20). The Morgan fingerprint density at radius 2 is 2.00 bits per heavy atom. The molecule has 3 nitrogen and oxygen atoms in total. The van der Waals surface area contributed by atoms with Crippen LogP contribution in [-0.2, 0) is 10.2 Å². The Morgan fingerprint density at radius 3 is 2.55 bits per heavy atom. The Labute approximate surface area is 127 Å². The van der Waals surface area contributed by atoms with Gasteiger partial charge in [-0.3, -0.25) is 4.79 Å². The molecule has 0 aliphatic heterocycles. The maximum atomic E-state index is 12.5. The van der Waals surface area contributed by atoms with Gasteiger partial charge < -0.3 is 10.4 Å². The molecule has 108 valence electrons. The van der Waals surface area contributed by atoms with Gasteiger partial charge in [-0.25, -0.2) is 0 Å². The molecule has 2 fully saturated rings. The summed E-state index contributed by atoms with van der Waals surface area (Å²) in [6.07, 6.45) is 4.57. The van der Waals surface area contributed by atoms with Gasteiger partial charge in [0.15, 0.2) is 0 Å². The number of carbonyl (C=O) groups excluding carboxylic acids is 1. The van der Waals surface area contributed by atoms with E-state index in [2.05, 4.69) is 21.2 Å². The van der Waals surface area contributed by atoms with E-state index in [-0.39, 0.29) is 23.3 Å². The van der Waals surface area contributed by atoms with Crippen molar-refractivity contribution in [1.29, 1.82) is 0 Å². The van der Waals surface area contributed by atoms with Crippen molar-refractivity contribution >= 4 is 21.8 Å². The topological polar surface area (TPSA) is 49.3 Å². The molecule has 2 N–H and O–H groups in total. The molecule has 3 rings (SSSR count). The molecule has 1 aromatic carbocycles. The fourth-order valence-electron chi connectivity index (χ4n) is 3.19.